The van der Waals surface area contributed by atoms with Gasteiger partial charge in [-0.3, -0.25) is 4.79 Å². The van der Waals surface area contributed by atoms with Gasteiger partial charge in [-0.05, 0) is 12.8 Å². The van der Waals surface area contributed by atoms with Crippen LogP contribution in [-0.4, -0.2) is 23.9 Å². The summed E-state index contributed by atoms with van der Waals surface area (Å²) in [5, 5.41) is 3.16. The lowest BCUT2D eigenvalue weighted by Crippen LogP contribution is -2.28. The van der Waals surface area contributed by atoms with Crippen molar-refractivity contribution >= 4 is 41.5 Å². The van der Waals surface area contributed by atoms with Crippen LogP contribution in [0.25, 0.3) is 0 Å². The highest BCUT2D eigenvalue weighted by atomic mass is 31.2. The van der Waals surface area contributed by atoms with E-state index in [0.717, 1.165) is 21.2 Å². The van der Waals surface area contributed by atoms with Gasteiger partial charge < -0.3 is 13.9 Å². The number of rotatable bonds is 8. The zero-order valence-electron chi connectivity index (χ0n) is 21.4. The second-order valence-electron chi connectivity index (χ2n) is 9.96. The first-order valence-electron chi connectivity index (χ1n) is 13.0. The summed E-state index contributed by atoms with van der Waals surface area (Å²) < 4.78 is 35.8. The first-order valence-corrected chi connectivity index (χ1v) is 16.7. The SMILES string of the molecule is CC(=O)O[C@@H]1C[C@@H](P(=O)(c2ccccc2)c2ccccc2)C[C@H]1CP(=O)(c1ccccc1)c1ccccc1. The van der Waals surface area contributed by atoms with Crippen LogP contribution in [0.2, 0.25) is 0 Å². The van der Waals surface area contributed by atoms with Crippen molar-refractivity contribution in [1.82, 2.24) is 0 Å². The Labute approximate surface area is 224 Å². The Morgan fingerprint density at radius 3 is 1.45 bits per heavy atom. The van der Waals surface area contributed by atoms with Crippen LogP contribution in [0.1, 0.15) is 19.8 Å². The second-order valence-corrected chi connectivity index (χ2v) is 15.9. The van der Waals surface area contributed by atoms with Crippen LogP contribution in [-0.2, 0) is 18.7 Å². The topological polar surface area (TPSA) is 60.4 Å². The number of hydrogen-bond donors (Lipinski definition) is 0. The molecule has 0 aromatic heterocycles. The van der Waals surface area contributed by atoms with E-state index in [-0.39, 0.29) is 17.5 Å². The van der Waals surface area contributed by atoms with Crippen molar-refractivity contribution in [2.45, 2.75) is 31.5 Å². The molecule has 0 heterocycles. The molecule has 194 valence electrons. The van der Waals surface area contributed by atoms with Gasteiger partial charge in [0.2, 0.25) is 0 Å². The molecular formula is C32H32O4P2. The molecule has 1 fully saturated rings. The molecule has 3 atom stereocenters. The maximum atomic E-state index is 15.1. The number of carbonyl (C=O) groups is 1. The third-order valence-electron chi connectivity index (χ3n) is 7.55. The van der Waals surface area contributed by atoms with Crippen LogP contribution in [0.4, 0.5) is 0 Å². The lowest BCUT2D eigenvalue weighted by atomic mass is 10.1. The highest BCUT2D eigenvalue weighted by Gasteiger charge is 2.48. The van der Waals surface area contributed by atoms with E-state index in [1.54, 1.807) is 0 Å². The predicted molar refractivity (Wildman–Crippen MR) is 156 cm³/mol. The standard InChI is InChI=1S/C32H32O4P2/c1-25(33)36-32-23-31(38(35,29-18-10-4-11-19-29)30-20-12-5-13-21-30)22-26(32)24-37(34,27-14-6-2-7-15-27)28-16-8-3-9-17-28/h2-21,26,31-32H,22-24H2,1H3/t26-,31-,32+/m0/s1. The molecule has 0 radical (unpaired) electrons. The summed E-state index contributed by atoms with van der Waals surface area (Å²) in [6.45, 7) is 1.41. The quantitative estimate of drug-likeness (QED) is 0.211. The lowest BCUT2D eigenvalue weighted by Gasteiger charge is -2.27. The Balaban J connectivity index is 1.57. The van der Waals surface area contributed by atoms with Gasteiger partial charge in [0.05, 0.1) is 0 Å². The van der Waals surface area contributed by atoms with Crippen LogP contribution in [0, 0.1) is 5.92 Å². The fraction of sp³-hybridized carbons (Fsp3) is 0.219. The van der Waals surface area contributed by atoms with Gasteiger partial charge in [-0.15, -0.1) is 0 Å². The highest BCUT2D eigenvalue weighted by Crippen LogP contribution is 2.58. The maximum absolute atomic E-state index is 15.1. The maximum Gasteiger partial charge on any atom is 0.302 e. The van der Waals surface area contributed by atoms with Gasteiger partial charge in [0, 0.05) is 45.9 Å². The monoisotopic (exact) mass is 542 g/mol. The Morgan fingerprint density at radius 2 is 1.05 bits per heavy atom. The average Bonchev–Trinajstić information content (AvgIpc) is 3.35. The van der Waals surface area contributed by atoms with Crippen molar-refractivity contribution in [2.75, 3.05) is 6.16 Å². The Bertz CT molecular complexity index is 1370. The molecule has 0 amide bonds. The average molecular weight is 543 g/mol. The highest BCUT2D eigenvalue weighted by molar-refractivity contribution is 7.79. The van der Waals surface area contributed by atoms with E-state index in [1.165, 1.54) is 6.92 Å². The summed E-state index contributed by atoms with van der Waals surface area (Å²) >= 11 is 0. The summed E-state index contributed by atoms with van der Waals surface area (Å²) in [6.07, 6.45) is 0.912. The molecule has 1 saturated carbocycles. The predicted octanol–water partition coefficient (Wildman–Crippen LogP) is 5.72. The normalized spacial score (nSPS) is 19.7. The van der Waals surface area contributed by atoms with Crippen LogP contribution < -0.4 is 21.2 Å². The van der Waals surface area contributed by atoms with Crippen LogP contribution in [0.15, 0.2) is 121 Å². The smallest absolute Gasteiger partial charge is 0.302 e. The summed E-state index contributed by atoms with van der Waals surface area (Å²) in [5.74, 6) is -0.569. The van der Waals surface area contributed by atoms with E-state index >= 15 is 4.57 Å². The van der Waals surface area contributed by atoms with E-state index < -0.39 is 20.4 Å². The van der Waals surface area contributed by atoms with Crippen molar-refractivity contribution in [3.05, 3.63) is 121 Å². The number of esters is 1. The molecule has 0 unspecified atom stereocenters. The Hall–Kier alpha value is -3.19. The molecule has 4 aromatic rings. The van der Waals surface area contributed by atoms with Crippen molar-refractivity contribution in [2.24, 2.45) is 5.92 Å². The van der Waals surface area contributed by atoms with E-state index in [9.17, 15) is 9.36 Å². The molecule has 0 spiro atoms. The number of benzene rings is 4. The van der Waals surface area contributed by atoms with E-state index in [4.69, 9.17) is 4.74 Å². The Morgan fingerprint density at radius 1 is 0.658 bits per heavy atom. The second kappa shape index (κ2) is 11.3. The fourth-order valence-corrected chi connectivity index (χ4v) is 12.3. The number of hydrogen-bond acceptors (Lipinski definition) is 4. The van der Waals surface area contributed by atoms with Gasteiger partial charge in [-0.2, -0.15) is 0 Å². The molecule has 5 rings (SSSR count). The molecular weight excluding hydrogens is 510 g/mol. The molecule has 0 N–H and O–H groups in total. The van der Waals surface area contributed by atoms with Gasteiger partial charge in [0.25, 0.3) is 0 Å². The minimum absolute atomic E-state index is 0.198. The minimum Gasteiger partial charge on any atom is -0.462 e. The molecule has 4 nitrogen and oxygen atoms in total. The van der Waals surface area contributed by atoms with Gasteiger partial charge in [0.15, 0.2) is 0 Å². The van der Waals surface area contributed by atoms with Gasteiger partial charge in [0.1, 0.15) is 20.4 Å². The molecule has 0 bridgehead atoms. The minimum atomic E-state index is -3.08. The zero-order chi connectivity index (χ0) is 26.6. The van der Waals surface area contributed by atoms with Crippen LogP contribution in [0.5, 0.6) is 0 Å². The first kappa shape index (κ1) is 26.4. The van der Waals surface area contributed by atoms with E-state index in [2.05, 4.69) is 0 Å². The molecule has 0 saturated heterocycles. The number of carbonyl (C=O) groups excluding carboxylic acids is 1. The van der Waals surface area contributed by atoms with Gasteiger partial charge in [-0.25, -0.2) is 0 Å². The Kier molecular flexibility index (Phi) is 7.84. The summed E-state index contributed by atoms with van der Waals surface area (Å²) in [6, 6.07) is 38.4. The fourth-order valence-electron chi connectivity index (χ4n) is 5.80. The first-order chi connectivity index (χ1) is 18.4. The molecule has 6 heteroatoms. The number of ether oxygens (including phenoxy) is 1. The summed E-state index contributed by atoms with van der Waals surface area (Å²) in [5.41, 5.74) is -0.235. The van der Waals surface area contributed by atoms with Crippen molar-refractivity contribution in [1.29, 1.82) is 0 Å². The van der Waals surface area contributed by atoms with Gasteiger partial charge in [-0.1, -0.05) is 121 Å². The molecule has 1 aliphatic carbocycles. The lowest BCUT2D eigenvalue weighted by molar-refractivity contribution is -0.147. The van der Waals surface area contributed by atoms with E-state index in [0.29, 0.717) is 19.0 Å². The zero-order valence-corrected chi connectivity index (χ0v) is 23.2. The third-order valence-corrected chi connectivity index (χ3v) is 14.4. The van der Waals surface area contributed by atoms with E-state index in [1.807, 2.05) is 121 Å². The van der Waals surface area contributed by atoms with Crippen LogP contribution in [0.3, 0.4) is 0 Å². The summed E-state index contributed by atoms with van der Waals surface area (Å²) in [4.78, 5) is 12.2. The van der Waals surface area contributed by atoms with Crippen molar-refractivity contribution in [3.8, 4) is 0 Å². The molecule has 1 aliphatic rings. The summed E-state index contributed by atoms with van der Waals surface area (Å²) in [7, 11) is -6.14. The van der Waals surface area contributed by atoms with Crippen molar-refractivity contribution < 1.29 is 18.7 Å². The largest absolute Gasteiger partial charge is 0.462 e. The molecule has 38 heavy (non-hydrogen) atoms. The molecule has 0 aliphatic heterocycles. The van der Waals surface area contributed by atoms with Crippen LogP contribution >= 0.6 is 14.3 Å². The van der Waals surface area contributed by atoms with Gasteiger partial charge >= 0.3 is 5.97 Å². The third kappa shape index (κ3) is 5.21. The van der Waals surface area contributed by atoms with Crippen molar-refractivity contribution in [3.63, 3.8) is 0 Å². The molecule has 4 aromatic carbocycles.